The van der Waals surface area contributed by atoms with Gasteiger partial charge in [0, 0.05) is 12.2 Å². The van der Waals surface area contributed by atoms with Crippen molar-refractivity contribution in [3.05, 3.63) is 36.2 Å². The van der Waals surface area contributed by atoms with Crippen LogP contribution in [0.3, 0.4) is 0 Å². The zero-order valence-corrected chi connectivity index (χ0v) is 14.8. The van der Waals surface area contributed by atoms with Crippen molar-refractivity contribution in [1.29, 1.82) is 0 Å². The van der Waals surface area contributed by atoms with Gasteiger partial charge in [-0.1, -0.05) is 43.8 Å². The molecule has 130 valence electrons. The van der Waals surface area contributed by atoms with Gasteiger partial charge in [-0.15, -0.1) is 5.10 Å². The van der Waals surface area contributed by atoms with Crippen LogP contribution in [0.1, 0.15) is 19.7 Å². The molecule has 0 spiro atoms. The monoisotopic (exact) mass is 357 g/mol. The summed E-state index contributed by atoms with van der Waals surface area (Å²) in [6.07, 6.45) is 0. The largest absolute Gasteiger partial charge is 0.368 e. The van der Waals surface area contributed by atoms with Crippen LogP contribution >= 0.6 is 11.8 Å². The summed E-state index contributed by atoms with van der Waals surface area (Å²) >= 11 is 1.46. The Bertz CT molecular complexity index is 819. The lowest BCUT2D eigenvalue weighted by Gasteiger charge is -2.08. The van der Waals surface area contributed by atoms with Crippen LogP contribution in [0.15, 0.2) is 35.5 Å². The first kappa shape index (κ1) is 17.1. The van der Waals surface area contributed by atoms with Crippen molar-refractivity contribution < 1.29 is 0 Å². The second-order valence-electron chi connectivity index (χ2n) is 5.75. The number of nitrogens with zero attached hydrogens (tertiary/aromatic N) is 7. The van der Waals surface area contributed by atoms with Crippen molar-refractivity contribution >= 4 is 29.3 Å². The predicted octanol–water partition coefficient (Wildman–Crippen LogP) is 2.13. The quantitative estimate of drug-likeness (QED) is 0.612. The first-order valence-electron chi connectivity index (χ1n) is 7.81. The number of aromatic nitrogens is 7. The van der Waals surface area contributed by atoms with E-state index in [9.17, 15) is 0 Å². The summed E-state index contributed by atoms with van der Waals surface area (Å²) in [6, 6.07) is 9.65. The second-order valence-corrected chi connectivity index (χ2v) is 6.69. The Morgan fingerprint density at radius 1 is 1.16 bits per heavy atom. The molecular weight excluding hydrogens is 338 g/mol. The average Bonchev–Trinajstić information content (AvgIpc) is 3.00. The second kappa shape index (κ2) is 7.88. The zero-order valence-electron chi connectivity index (χ0n) is 14.0. The third-order valence-corrected chi connectivity index (χ3v) is 4.05. The van der Waals surface area contributed by atoms with Gasteiger partial charge >= 0.3 is 0 Å². The molecule has 3 aromatic rings. The number of anilines is 3. The summed E-state index contributed by atoms with van der Waals surface area (Å²) in [7, 11) is 0. The first-order valence-corrected chi connectivity index (χ1v) is 8.80. The molecule has 2 heterocycles. The van der Waals surface area contributed by atoms with Gasteiger partial charge in [0.2, 0.25) is 17.1 Å². The Hall–Kier alpha value is -2.75. The van der Waals surface area contributed by atoms with Gasteiger partial charge in [0.1, 0.15) is 5.82 Å². The van der Waals surface area contributed by atoms with Crippen LogP contribution in [0.25, 0.3) is 0 Å². The minimum Gasteiger partial charge on any atom is -0.368 e. The van der Waals surface area contributed by atoms with Crippen molar-refractivity contribution in [2.75, 3.05) is 11.1 Å². The van der Waals surface area contributed by atoms with E-state index in [0.717, 1.165) is 17.4 Å². The molecule has 0 aliphatic rings. The van der Waals surface area contributed by atoms with Gasteiger partial charge in [0.25, 0.3) is 0 Å². The zero-order chi connectivity index (χ0) is 17.6. The molecule has 10 heteroatoms. The molecule has 1 aromatic carbocycles. The van der Waals surface area contributed by atoms with E-state index >= 15 is 0 Å². The molecule has 25 heavy (non-hydrogen) atoms. The number of rotatable bonds is 7. The number of nitrogen functional groups attached to an aromatic ring is 1. The maximum Gasteiger partial charge on any atom is 0.232 e. The molecule has 0 fully saturated rings. The summed E-state index contributed by atoms with van der Waals surface area (Å²) in [5, 5.41) is 15.6. The van der Waals surface area contributed by atoms with E-state index in [1.165, 1.54) is 11.8 Å². The smallest absolute Gasteiger partial charge is 0.232 e. The molecule has 0 unspecified atom stereocenters. The molecule has 3 rings (SSSR count). The van der Waals surface area contributed by atoms with Gasteiger partial charge in [-0.2, -0.15) is 15.0 Å². The predicted molar refractivity (Wildman–Crippen MR) is 96.2 cm³/mol. The average molecular weight is 357 g/mol. The highest BCUT2D eigenvalue weighted by molar-refractivity contribution is 7.98. The van der Waals surface area contributed by atoms with Crippen LogP contribution in [0, 0.1) is 5.92 Å². The van der Waals surface area contributed by atoms with Gasteiger partial charge in [-0.05, 0) is 28.5 Å². The normalized spacial score (nSPS) is 11.0. The minimum absolute atomic E-state index is 0.172. The van der Waals surface area contributed by atoms with Crippen molar-refractivity contribution in [2.24, 2.45) is 5.92 Å². The Balaban J connectivity index is 1.70. The SMILES string of the molecule is CC(C)Cn1nnnc1SCc1nc(N)nc(Nc2ccccc2)n1. The van der Waals surface area contributed by atoms with E-state index in [4.69, 9.17) is 5.73 Å². The fraction of sp³-hybridized carbons (Fsp3) is 0.333. The van der Waals surface area contributed by atoms with Gasteiger partial charge in [0.05, 0.1) is 5.75 Å². The summed E-state index contributed by atoms with van der Waals surface area (Å²) in [6.45, 7) is 4.99. The maximum atomic E-state index is 5.80. The van der Waals surface area contributed by atoms with Gasteiger partial charge in [-0.25, -0.2) is 4.68 Å². The van der Waals surface area contributed by atoms with Gasteiger partial charge < -0.3 is 11.1 Å². The fourth-order valence-electron chi connectivity index (χ4n) is 2.10. The van der Waals surface area contributed by atoms with Crippen LogP contribution in [-0.2, 0) is 12.3 Å². The van der Waals surface area contributed by atoms with Crippen LogP contribution in [0.4, 0.5) is 17.6 Å². The molecule has 0 saturated carbocycles. The Morgan fingerprint density at radius 3 is 2.72 bits per heavy atom. The number of tetrazole rings is 1. The van der Waals surface area contributed by atoms with E-state index in [1.54, 1.807) is 4.68 Å². The fourth-order valence-corrected chi connectivity index (χ4v) is 2.84. The Labute approximate surface area is 149 Å². The van der Waals surface area contributed by atoms with E-state index < -0.39 is 0 Å². The minimum atomic E-state index is 0.172. The number of hydrogen-bond donors (Lipinski definition) is 2. The topological polar surface area (TPSA) is 120 Å². The summed E-state index contributed by atoms with van der Waals surface area (Å²) in [5.41, 5.74) is 6.68. The third-order valence-electron chi connectivity index (χ3n) is 3.10. The molecule has 0 saturated heterocycles. The van der Waals surface area contributed by atoms with Crippen LogP contribution < -0.4 is 11.1 Å². The molecule has 3 N–H and O–H groups in total. The van der Waals surface area contributed by atoms with Crippen LogP contribution in [-0.4, -0.2) is 35.2 Å². The highest BCUT2D eigenvalue weighted by Gasteiger charge is 2.11. The molecule has 0 amide bonds. The summed E-state index contributed by atoms with van der Waals surface area (Å²) in [5.74, 6) is 2.10. The number of benzene rings is 1. The number of para-hydroxylation sites is 1. The number of thioether (sulfide) groups is 1. The van der Waals surface area contributed by atoms with Crippen LogP contribution in [0.5, 0.6) is 0 Å². The maximum absolute atomic E-state index is 5.80. The van der Waals surface area contributed by atoms with Crippen molar-refractivity contribution in [3.63, 3.8) is 0 Å². The molecule has 0 aliphatic carbocycles. The van der Waals surface area contributed by atoms with E-state index in [1.807, 2.05) is 30.3 Å². The van der Waals surface area contributed by atoms with E-state index in [-0.39, 0.29) is 5.95 Å². The standard InChI is InChI=1S/C15H19N9S/c1-10(2)8-24-15(21-22-23-24)25-9-12-18-13(16)20-14(19-12)17-11-6-4-3-5-7-11/h3-7,10H,8-9H2,1-2H3,(H3,16,17,18,19,20). The lowest BCUT2D eigenvalue weighted by molar-refractivity contribution is 0.445. The first-order chi connectivity index (χ1) is 12.1. The lowest BCUT2D eigenvalue weighted by atomic mass is 10.2. The highest BCUT2D eigenvalue weighted by atomic mass is 32.2. The molecule has 9 nitrogen and oxygen atoms in total. The molecule has 2 aromatic heterocycles. The van der Waals surface area contributed by atoms with Crippen LogP contribution in [0.2, 0.25) is 0 Å². The van der Waals surface area contributed by atoms with E-state index in [2.05, 4.69) is 49.6 Å². The molecule has 0 atom stereocenters. The highest BCUT2D eigenvalue weighted by Crippen LogP contribution is 2.20. The number of nitrogens with two attached hydrogens (primary N) is 1. The number of nitrogens with one attached hydrogen (secondary N) is 1. The lowest BCUT2D eigenvalue weighted by Crippen LogP contribution is -2.09. The molecule has 0 radical (unpaired) electrons. The molecule has 0 aliphatic heterocycles. The van der Waals surface area contributed by atoms with Gasteiger partial charge in [-0.3, -0.25) is 0 Å². The summed E-state index contributed by atoms with van der Waals surface area (Å²) < 4.78 is 1.78. The third kappa shape index (κ3) is 4.86. The van der Waals surface area contributed by atoms with Crippen molar-refractivity contribution in [1.82, 2.24) is 35.2 Å². The summed E-state index contributed by atoms with van der Waals surface area (Å²) in [4.78, 5) is 12.7. The molecule has 0 bridgehead atoms. The van der Waals surface area contributed by atoms with Crippen molar-refractivity contribution in [3.8, 4) is 0 Å². The molecular formula is C15H19N9S. The van der Waals surface area contributed by atoms with Gasteiger partial charge in [0.15, 0.2) is 0 Å². The number of hydrogen-bond acceptors (Lipinski definition) is 9. The van der Waals surface area contributed by atoms with Crippen molar-refractivity contribution in [2.45, 2.75) is 31.3 Å². The Kier molecular flexibility index (Phi) is 5.39. The Morgan fingerprint density at radius 2 is 1.96 bits per heavy atom. The van der Waals surface area contributed by atoms with E-state index in [0.29, 0.717) is 23.4 Å².